The van der Waals surface area contributed by atoms with Crippen LogP contribution in [0, 0.1) is 0 Å². The summed E-state index contributed by atoms with van der Waals surface area (Å²) >= 11 is 0. The molecular formula is C16H25N3Na4O6P2. The van der Waals surface area contributed by atoms with Gasteiger partial charge in [0.1, 0.15) is 0 Å². The van der Waals surface area contributed by atoms with Crippen LogP contribution >= 0.6 is 15.2 Å². The van der Waals surface area contributed by atoms with Gasteiger partial charge in [-0.25, -0.2) is 0 Å². The summed E-state index contributed by atoms with van der Waals surface area (Å²) in [5, 5.41) is 4.88. The maximum atomic E-state index is 11.0. The molecule has 1 aromatic rings. The first-order valence-corrected chi connectivity index (χ1v) is 11.8. The average molecular weight is 509 g/mol. The zero-order valence-electron chi connectivity index (χ0n) is 19.7. The molecule has 154 valence electrons. The molecule has 15 heteroatoms. The zero-order chi connectivity index (χ0) is 20.7. The monoisotopic (exact) mass is 509 g/mol. The van der Waals surface area contributed by atoms with Crippen LogP contribution in [-0.4, -0.2) is 20.4 Å². The summed E-state index contributed by atoms with van der Waals surface area (Å²) in [6.07, 6.45) is 8.48. The molecule has 0 fully saturated rings. The first-order valence-electron chi connectivity index (χ1n) is 8.61. The van der Waals surface area contributed by atoms with Crippen molar-refractivity contribution in [1.82, 2.24) is 15.0 Å². The molecule has 1 heterocycles. The Kier molecular flexibility index (Phi) is 26.5. The third-order valence-corrected chi connectivity index (χ3v) is 7.41. The first-order chi connectivity index (χ1) is 12.4. The summed E-state index contributed by atoms with van der Waals surface area (Å²) in [4.78, 5) is 44.0. The van der Waals surface area contributed by atoms with Crippen molar-refractivity contribution in [3.05, 3.63) is 35.2 Å². The third kappa shape index (κ3) is 18.8. The molecular weight excluding hydrogens is 484 g/mol. The molecule has 0 N–H and O–H groups in total. The van der Waals surface area contributed by atoms with Gasteiger partial charge in [-0.3, -0.25) is 4.68 Å². The molecule has 0 saturated carbocycles. The predicted molar refractivity (Wildman–Crippen MR) is 94.4 cm³/mol. The van der Waals surface area contributed by atoms with Crippen LogP contribution in [0.15, 0.2) is 29.5 Å². The molecule has 0 aliphatic heterocycles. The van der Waals surface area contributed by atoms with Crippen molar-refractivity contribution in [2.45, 2.75) is 64.8 Å². The van der Waals surface area contributed by atoms with Gasteiger partial charge in [-0.1, -0.05) is 43.7 Å². The fourth-order valence-electron chi connectivity index (χ4n) is 2.42. The van der Waals surface area contributed by atoms with E-state index in [9.17, 15) is 28.7 Å². The molecule has 0 aliphatic carbocycles. The van der Waals surface area contributed by atoms with Gasteiger partial charge in [0.25, 0.3) is 0 Å². The standard InChI is InChI=1S/C16H29N3O6P2.4Na/c1-13(2)7-6-9-14(3)8-4-5-10-19-12-15(17-18-19)11-16(26(20,21)22)27(23,24)25;;;;/h7-8,12,16H,4-6,9-11H2,1-3H3,(H2,20,21,22)(H2,23,24,25);;;;/q;4*+1/p-4/b14-8-;;;;. The Hall–Kier alpha value is 2.92. The van der Waals surface area contributed by atoms with Crippen LogP contribution in [0.1, 0.15) is 52.1 Å². The third-order valence-electron chi connectivity index (χ3n) is 3.88. The fourth-order valence-corrected chi connectivity index (χ4v) is 4.62. The van der Waals surface area contributed by atoms with Crippen molar-refractivity contribution in [3.8, 4) is 0 Å². The second kappa shape index (κ2) is 20.0. The van der Waals surface area contributed by atoms with Crippen molar-refractivity contribution < 1.29 is 147 Å². The minimum absolute atomic E-state index is 0. The largest absolute Gasteiger partial charge is 1.00 e. The van der Waals surface area contributed by atoms with Gasteiger partial charge >= 0.3 is 118 Å². The van der Waals surface area contributed by atoms with Gasteiger partial charge < -0.3 is 28.7 Å². The molecule has 9 nitrogen and oxygen atoms in total. The molecule has 0 atom stereocenters. The maximum Gasteiger partial charge on any atom is 1.00 e. The first kappa shape index (κ1) is 41.1. The molecule has 1 rings (SSSR count). The van der Waals surface area contributed by atoms with Crippen LogP contribution in [0.2, 0.25) is 0 Å². The van der Waals surface area contributed by atoms with Gasteiger partial charge in [0.2, 0.25) is 0 Å². The van der Waals surface area contributed by atoms with Crippen molar-refractivity contribution in [3.63, 3.8) is 0 Å². The molecule has 0 unspecified atom stereocenters. The Bertz CT molecular complexity index is 753. The molecule has 0 bridgehead atoms. The summed E-state index contributed by atoms with van der Waals surface area (Å²) in [5.41, 5.74) is 2.56. The maximum absolute atomic E-state index is 11.0. The number of rotatable bonds is 11. The van der Waals surface area contributed by atoms with E-state index in [1.54, 1.807) is 0 Å². The van der Waals surface area contributed by atoms with Gasteiger partial charge in [0.05, 0.1) is 5.69 Å². The Morgan fingerprint density at radius 2 is 1.55 bits per heavy atom. The molecule has 1 aromatic heterocycles. The normalized spacial score (nSPS) is 11.5. The van der Waals surface area contributed by atoms with Crippen LogP contribution in [0.3, 0.4) is 0 Å². The van der Waals surface area contributed by atoms with E-state index in [4.69, 9.17) is 0 Å². The summed E-state index contributed by atoms with van der Waals surface area (Å²) in [5.74, 6) is 0. The van der Waals surface area contributed by atoms with E-state index in [-0.39, 0.29) is 124 Å². The average Bonchev–Trinajstić information content (AvgIpc) is 2.94. The van der Waals surface area contributed by atoms with E-state index in [1.807, 2.05) is 0 Å². The second-order valence-corrected chi connectivity index (χ2v) is 10.6. The summed E-state index contributed by atoms with van der Waals surface area (Å²) in [6.45, 7) is 6.69. The summed E-state index contributed by atoms with van der Waals surface area (Å²) < 4.78 is 23.5. The van der Waals surface area contributed by atoms with E-state index in [0.717, 1.165) is 25.7 Å². The number of aromatic nitrogens is 3. The Morgan fingerprint density at radius 3 is 2.03 bits per heavy atom. The quantitative estimate of drug-likeness (QED) is 0.123. The number of nitrogens with zero attached hydrogens (tertiary/aromatic N) is 3. The number of allylic oxidation sites excluding steroid dienone is 4. The molecule has 0 spiro atoms. The van der Waals surface area contributed by atoms with Gasteiger partial charge in [0.15, 0.2) is 0 Å². The fraction of sp³-hybridized carbons (Fsp3) is 0.625. The Labute approximate surface area is 273 Å². The predicted octanol–water partition coefficient (Wildman–Crippen LogP) is -11.5. The molecule has 31 heavy (non-hydrogen) atoms. The smallest absolute Gasteiger partial charge is 0.810 e. The van der Waals surface area contributed by atoms with E-state index < -0.39 is 27.0 Å². The SMILES string of the molecule is CC(C)=CCC/C(C)=C\CCCn1cc(CC(P(=O)([O-])[O-])P(=O)([O-])[O-])nn1.[Na+].[Na+].[Na+].[Na+]. The second-order valence-electron chi connectivity index (χ2n) is 6.75. The van der Waals surface area contributed by atoms with Crippen molar-refractivity contribution in [2.24, 2.45) is 0 Å². The number of hydrogen-bond donors (Lipinski definition) is 0. The van der Waals surface area contributed by atoms with Crippen LogP contribution < -0.4 is 138 Å². The van der Waals surface area contributed by atoms with Gasteiger partial charge in [-0.05, 0) is 46.5 Å². The van der Waals surface area contributed by atoms with E-state index >= 15 is 0 Å². The van der Waals surface area contributed by atoms with Gasteiger partial charge in [-0.2, -0.15) is 0 Å². The zero-order valence-corrected chi connectivity index (χ0v) is 29.5. The van der Waals surface area contributed by atoms with Crippen molar-refractivity contribution in [2.75, 3.05) is 0 Å². The molecule has 0 amide bonds. The van der Waals surface area contributed by atoms with E-state index in [1.165, 1.54) is 22.0 Å². The minimum Gasteiger partial charge on any atom is -0.810 e. The Morgan fingerprint density at radius 1 is 1.00 bits per heavy atom. The molecule has 0 aliphatic rings. The van der Waals surface area contributed by atoms with Crippen LogP contribution in [-0.2, 0) is 22.1 Å². The summed E-state index contributed by atoms with van der Waals surface area (Å²) in [6, 6.07) is 0. The minimum atomic E-state index is -5.58. The van der Waals surface area contributed by atoms with E-state index in [2.05, 4.69) is 43.2 Å². The van der Waals surface area contributed by atoms with Crippen LogP contribution in [0.25, 0.3) is 0 Å². The number of hydrogen-bond acceptors (Lipinski definition) is 8. The van der Waals surface area contributed by atoms with Crippen LogP contribution in [0.4, 0.5) is 0 Å². The molecule has 0 saturated heterocycles. The van der Waals surface area contributed by atoms with Gasteiger partial charge in [-0.15, -0.1) is 5.10 Å². The number of aryl methyl sites for hydroxylation is 1. The van der Waals surface area contributed by atoms with Crippen LogP contribution in [0.5, 0.6) is 0 Å². The molecule has 0 aromatic carbocycles. The van der Waals surface area contributed by atoms with Crippen molar-refractivity contribution >= 4 is 15.2 Å². The number of unbranched alkanes of at least 4 members (excludes halogenated alkanes) is 1. The van der Waals surface area contributed by atoms with Crippen molar-refractivity contribution in [1.29, 1.82) is 0 Å². The Balaban J connectivity index is -0.000000911. The topological polar surface area (TPSA) is 157 Å². The summed E-state index contributed by atoms with van der Waals surface area (Å²) in [7, 11) is -11.2. The molecule has 0 radical (unpaired) electrons. The van der Waals surface area contributed by atoms with E-state index in [0.29, 0.717) is 6.54 Å². The van der Waals surface area contributed by atoms with Gasteiger partial charge in [0, 0.05) is 24.6 Å².